The van der Waals surface area contributed by atoms with E-state index in [0.717, 1.165) is 51.9 Å². The van der Waals surface area contributed by atoms with Crippen molar-refractivity contribution >= 4 is 15.9 Å². The summed E-state index contributed by atoms with van der Waals surface area (Å²) in [5.41, 5.74) is 0. The Bertz CT molecular complexity index is 481. The molecule has 28 heavy (non-hydrogen) atoms. The zero-order valence-corrected chi connectivity index (χ0v) is 19.4. The van der Waals surface area contributed by atoms with Crippen LogP contribution in [0, 0.1) is 17.8 Å². The third-order valence-corrected chi connectivity index (χ3v) is 8.26. The maximum Gasteiger partial charge on any atom is 0.109 e. The highest BCUT2D eigenvalue weighted by atomic mass is 79.9. The Morgan fingerprint density at radius 2 is 1.93 bits per heavy atom. The Hall–Kier alpha value is 0.240. The molecule has 6 nitrogen and oxygen atoms in total. The van der Waals surface area contributed by atoms with Gasteiger partial charge < -0.3 is 20.4 Å². The van der Waals surface area contributed by atoms with Crippen LogP contribution in [0.2, 0.25) is 0 Å². The lowest BCUT2D eigenvalue weighted by Crippen LogP contribution is -2.46. The summed E-state index contributed by atoms with van der Waals surface area (Å²) in [7, 11) is 0. The minimum absolute atomic E-state index is 0.196. The van der Waals surface area contributed by atoms with Crippen LogP contribution in [0.25, 0.3) is 0 Å². The molecule has 3 rings (SSSR count). The normalized spacial score (nSPS) is 42.1. The van der Waals surface area contributed by atoms with Crippen molar-refractivity contribution in [3.63, 3.8) is 0 Å². The van der Waals surface area contributed by atoms with Gasteiger partial charge in [-0.05, 0) is 58.0 Å². The van der Waals surface area contributed by atoms with Crippen LogP contribution >= 0.6 is 15.9 Å². The van der Waals surface area contributed by atoms with E-state index in [9.17, 15) is 10.2 Å². The minimum Gasteiger partial charge on any atom is -0.378 e. The Labute approximate surface area is 179 Å². The third-order valence-electron chi connectivity index (χ3n) is 7.42. The van der Waals surface area contributed by atoms with Gasteiger partial charge >= 0.3 is 0 Å². The van der Waals surface area contributed by atoms with Crippen LogP contribution in [0.1, 0.15) is 52.9 Å². The van der Waals surface area contributed by atoms with Gasteiger partial charge in [-0.15, -0.1) is 0 Å². The molecule has 0 spiro atoms. The second kappa shape index (κ2) is 10.5. The van der Waals surface area contributed by atoms with Gasteiger partial charge in [-0.3, -0.25) is 10.6 Å². The van der Waals surface area contributed by atoms with E-state index < -0.39 is 12.5 Å². The molecule has 0 amide bonds. The van der Waals surface area contributed by atoms with Crippen molar-refractivity contribution in [2.45, 2.75) is 88.3 Å². The number of hydrogen-bond acceptors (Lipinski definition) is 6. The highest BCUT2D eigenvalue weighted by molar-refractivity contribution is 9.09. The van der Waals surface area contributed by atoms with E-state index in [1.807, 2.05) is 0 Å². The molecule has 3 fully saturated rings. The largest absolute Gasteiger partial charge is 0.378 e. The smallest absolute Gasteiger partial charge is 0.109 e. The Morgan fingerprint density at radius 1 is 1.18 bits per heavy atom. The highest BCUT2D eigenvalue weighted by Gasteiger charge is 2.47. The van der Waals surface area contributed by atoms with Gasteiger partial charge in [0.2, 0.25) is 0 Å². The maximum atomic E-state index is 10.9. The third kappa shape index (κ3) is 5.48. The van der Waals surface area contributed by atoms with Crippen molar-refractivity contribution < 1.29 is 10.2 Å². The molecule has 2 heterocycles. The summed E-state index contributed by atoms with van der Waals surface area (Å²) in [5.74, 6) is 0.985. The number of aliphatic hydroxyl groups is 2. The number of fused-ring (bicyclic) bond motifs is 1. The molecule has 0 aromatic carbocycles. The summed E-state index contributed by atoms with van der Waals surface area (Å²) >= 11 is 3.80. The van der Waals surface area contributed by atoms with Gasteiger partial charge in [-0.1, -0.05) is 29.8 Å². The first-order valence-corrected chi connectivity index (χ1v) is 12.3. The lowest BCUT2D eigenvalue weighted by atomic mass is 9.76. The molecular formula is C21H41BrN4O2. The van der Waals surface area contributed by atoms with Crippen molar-refractivity contribution in [2.24, 2.45) is 17.8 Å². The van der Waals surface area contributed by atoms with E-state index in [4.69, 9.17) is 0 Å². The van der Waals surface area contributed by atoms with Crippen molar-refractivity contribution in [1.82, 2.24) is 20.9 Å². The van der Waals surface area contributed by atoms with Crippen LogP contribution in [0.5, 0.6) is 0 Å². The monoisotopic (exact) mass is 460 g/mol. The van der Waals surface area contributed by atoms with E-state index in [1.54, 1.807) is 0 Å². The van der Waals surface area contributed by atoms with Gasteiger partial charge in [0.25, 0.3) is 0 Å². The van der Waals surface area contributed by atoms with Crippen molar-refractivity contribution in [2.75, 3.05) is 26.2 Å². The molecule has 7 heteroatoms. The van der Waals surface area contributed by atoms with Gasteiger partial charge in [0.15, 0.2) is 0 Å². The zero-order chi connectivity index (χ0) is 20.3. The Morgan fingerprint density at radius 3 is 2.64 bits per heavy atom. The molecular weight excluding hydrogens is 420 g/mol. The molecule has 164 valence electrons. The molecule has 3 aliphatic rings. The Balaban J connectivity index is 1.56. The first-order valence-electron chi connectivity index (χ1n) is 11.4. The average Bonchev–Trinajstić information content (AvgIpc) is 3.19. The Kier molecular flexibility index (Phi) is 8.60. The second-order valence-electron chi connectivity index (χ2n) is 9.19. The maximum absolute atomic E-state index is 10.9. The van der Waals surface area contributed by atoms with Crippen LogP contribution in [0.3, 0.4) is 0 Å². The number of nitrogens with one attached hydrogen (secondary N) is 3. The molecule has 0 radical (unpaired) electrons. The lowest BCUT2D eigenvalue weighted by Gasteiger charge is -2.34. The van der Waals surface area contributed by atoms with Gasteiger partial charge in [-0.2, -0.15) is 0 Å². The fraction of sp³-hybridized carbons (Fsp3) is 1.00. The summed E-state index contributed by atoms with van der Waals surface area (Å²) < 4.78 is 0. The quantitative estimate of drug-likeness (QED) is 0.264. The van der Waals surface area contributed by atoms with Crippen molar-refractivity contribution in [3.05, 3.63) is 0 Å². The molecule has 9 unspecified atom stereocenters. The number of rotatable bonds is 9. The molecule has 9 atom stereocenters. The summed E-state index contributed by atoms with van der Waals surface area (Å²) in [5, 5.41) is 32.0. The van der Waals surface area contributed by atoms with Gasteiger partial charge in [0, 0.05) is 47.9 Å². The van der Waals surface area contributed by atoms with Crippen molar-refractivity contribution in [1.29, 1.82) is 0 Å². The first kappa shape index (κ1) is 22.9. The van der Waals surface area contributed by atoms with Crippen molar-refractivity contribution in [3.8, 4) is 0 Å². The molecule has 2 aliphatic heterocycles. The molecule has 5 N–H and O–H groups in total. The molecule has 2 saturated heterocycles. The molecule has 1 saturated carbocycles. The topological polar surface area (TPSA) is 79.8 Å². The fourth-order valence-corrected chi connectivity index (χ4v) is 6.49. The number of alkyl halides is 1. The van der Waals surface area contributed by atoms with Crippen LogP contribution in [0.4, 0.5) is 0 Å². The highest BCUT2D eigenvalue weighted by Crippen LogP contribution is 2.42. The number of likely N-dealkylation sites (N-methyl/N-ethyl adjacent to an activating group) is 1. The summed E-state index contributed by atoms with van der Waals surface area (Å²) in [6.45, 7) is 10.4. The van der Waals surface area contributed by atoms with Gasteiger partial charge in [-0.25, -0.2) is 0 Å². The fourth-order valence-electron chi connectivity index (χ4n) is 5.79. The number of aliphatic hydroxyl groups excluding tert-OH is 2. The predicted molar refractivity (Wildman–Crippen MR) is 117 cm³/mol. The van der Waals surface area contributed by atoms with E-state index in [-0.39, 0.29) is 17.9 Å². The lowest BCUT2D eigenvalue weighted by molar-refractivity contribution is 0.0449. The molecule has 0 aromatic rings. The van der Waals surface area contributed by atoms with Crippen LogP contribution < -0.4 is 16.0 Å². The van der Waals surface area contributed by atoms with E-state index in [2.05, 4.69) is 57.6 Å². The average molecular weight is 461 g/mol. The zero-order valence-electron chi connectivity index (χ0n) is 17.8. The molecule has 0 aromatic heterocycles. The SMILES string of the molecule is CCN(CC)CCNC(O)C1CC(C)NC1CC1C(O)NC2CCC(Br)CC21. The predicted octanol–water partition coefficient (Wildman–Crippen LogP) is 1.46. The number of nitrogens with zero attached hydrogens (tertiary/aromatic N) is 1. The summed E-state index contributed by atoms with van der Waals surface area (Å²) in [6.07, 6.45) is 4.46. The van der Waals surface area contributed by atoms with Gasteiger partial charge in [0.05, 0.1) is 0 Å². The number of halogens is 1. The van der Waals surface area contributed by atoms with E-state index in [1.165, 1.54) is 6.42 Å². The first-order chi connectivity index (χ1) is 13.4. The van der Waals surface area contributed by atoms with E-state index in [0.29, 0.717) is 22.8 Å². The summed E-state index contributed by atoms with van der Waals surface area (Å²) in [4.78, 5) is 2.94. The van der Waals surface area contributed by atoms with E-state index >= 15 is 0 Å². The molecule has 1 aliphatic carbocycles. The standard InChI is InChI=1S/C21H41BrN4O2/c1-4-26(5-2)9-8-23-20(27)17-10-13(3)24-19(17)12-16-15-11-14(22)6-7-18(15)25-21(16)28/h13-21,23-25,27-28H,4-12H2,1-3H3. The van der Waals surface area contributed by atoms with Crippen LogP contribution in [-0.4, -0.2) is 76.7 Å². The second-order valence-corrected chi connectivity index (χ2v) is 10.5. The molecule has 0 bridgehead atoms. The van der Waals surface area contributed by atoms with Crippen LogP contribution in [-0.2, 0) is 0 Å². The van der Waals surface area contributed by atoms with Gasteiger partial charge in [0.1, 0.15) is 12.5 Å². The minimum atomic E-state index is -0.490. The summed E-state index contributed by atoms with van der Waals surface area (Å²) in [6, 6.07) is 1.11. The van der Waals surface area contributed by atoms with Crippen LogP contribution in [0.15, 0.2) is 0 Å². The number of hydrogen-bond donors (Lipinski definition) is 5.